The molecule has 0 spiro atoms. The van der Waals surface area contributed by atoms with Crippen LogP contribution in [0.2, 0.25) is 0 Å². The van der Waals surface area contributed by atoms with Gasteiger partial charge in [-0.25, -0.2) is 4.68 Å². The summed E-state index contributed by atoms with van der Waals surface area (Å²) in [5.41, 5.74) is 1.36. The van der Waals surface area contributed by atoms with Gasteiger partial charge in [0.25, 0.3) is 5.91 Å². The fourth-order valence-corrected chi connectivity index (χ4v) is 3.08. The number of rotatable bonds is 6. The molecule has 0 saturated heterocycles. The van der Waals surface area contributed by atoms with Crippen LogP contribution < -0.4 is 5.32 Å². The summed E-state index contributed by atoms with van der Waals surface area (Å²) in [5.74, 6) is 0.484. The third-order valence-electron chi connectivity index (χ3n) is 4.51. The van der Waals surface area contributed by atoms with E-state index in [1.165, 1.54) is 19.3 Å². The van der Waals surface area contributed by atoms with E-state index in [4.69, 9.17) is 4.74 Å². The Morgan fingerprint density at radius 1 is 1.38 bits per heavy atom. The van der Waals surface area contributed by atoms with Crippen LogP contribution in [-0.2, 0) is 4.74 Å². The quantitative estimate of drug-likeness (QED) is 0.828. The number of hydrogen-bond donors (Lipinski definition) is 1. The van der Waals surface area contributed by atoms with Gasteiger partial charge in [-0.05, 0) is 30.9 Å². The van der Waals surface area contributed by atoms with Gasteiger partial charge in [0, 0.05) is 18.9 Å². The van der Waals surface area contributed by atoms with Crippen LogP contribution in [0.3, 0.4) is 0 Å². The summed E-state index contributed by atoms with van der Waals surface area (Å²) in [6.07, 6.45) is 11.9. The lowest BCUT2D eigenvalue weighted by Gasteiger charge is -2.28. The van der Waals surface area contributed by atoms with Crippen molar-refractivity contribution >= 4 is 5.91 Å². The van der Waals surface area contributed by atoms with Crippen molar-refractivity contribution in [1.29, 1.82) is 0 Å². The van der Waals surface area contributed by atoms with Crippen molar-refractivity contribution in [3.8, 4) is 5.69 Å². The van der Waals surface area contributed by atoms with E-state index in [2.05, 4.69) is 22.3 Å². The number of pyridine rings is 1. The molecule has 0 aliphatic heterocycles. The Balaban J connectivity index is 1.45. The van der Waals surface area contributed by atoms with Gasteiger partial charge < -0.3 is 10.1 Å². The van der Waals surface area contributed by atoms with Crippen molar-refractivity contribution in [3.63, 3.8) is 0 Å². The van der Waals surface area contributed by atoms with Crippen LogP contribution in [0.5, 0.6) is 0 Å². The molecule has 3 rings (SSSR count). The van der Waals surface area contributed by atoms with E-state index in [0.717, 1.165) is 12.1 Å². The fourth-order valence-electron chi connectivity index (χ4n) is 3.08. The minimum absolute atomic E-state index is 0.134. The molecule has 0 bridgehead atoms. The summed E-state index contributed by atoms with van der Waals surface area (Å²) < 4.78 is 7.55. The summed E-state index contributed by atoms with van der Waals surface area (Å²) in [6, 6.07) is 3.72. The zero-order valence-electron chi connectivity index (χ0n) is 14.0. The van der Waals surface area contributed by atoms with Crippen LogP contribution in [0, 0.1) is 5.92 Å². The first-order valence-corrected chi connectivity index (χ1v) is 8.59. The molecule has 2 aromatic rings. The molecule has 1 aliphatic carbocycles. The molecule has 6 nitrogen and oxygen atoms in total. The van der Waals surface area contributed by atoms with Crippen LogP contribution in [0.15, 0.2) is 36.9 Å². The zero-order valence-corrected chi connectivity index (χ0v) is 14.0. The van der Waals surface area contributed by atoms with E-state index in [1.54, 1.807) is 29.5 Å². The first kappa shape index (κ1) is 16.6. The highest BCUT2D eigenvalue weighted by Crippen LogP contribution is 2.25. The van der Waals surface area contributed by atoms with Gasteiger partial charge in [0.15, 0.2) is 0 Å². The third kappa shape index (κ3) is 4.20. The minimum atomic E-state index is -0.134. The molecular weight excluding hydrogens is 304 g/mol. The van der Waals surface area contributed by atoms with Gasteiger partial charge in [-0.15, -0.1) is 0 Å². The van der Waals surface area contributed by atoms with Gasteiger partial charge in [-0.2, -0.15) is 5.10 Å². The molecule has 6 heteroatoms. The molecule has 0 radical (unpaired) electrons. The number of carbonyl (C=O) groups excluding carboxylic acids is 1. The van der Waals surface area contributed by atoms with E-state index in [-0.39, 0.29) is 5.91 Å². The molecule has 2 heterocycles. The monoisotopic (exact) mass is 328 g/mol. The minimum Gasteiger partial charge on any atom is -0.376 e. The average Bonchev–Trinajstić information content (AvgIpc) is 3.11. The summed E-state index contributed by atoms with van der Waals surface area (Å²) in [7, 11) is 0. The molecule has 24 heavy (non-hydrogen) atoms. The highest BCUT2D eigenvalue weighted by Gasteiger charge is 2.21. The number of amides is 1. The Hall–Kier alpha value is -2.21. The summed E-state index contributed by atoms with van der Waals surface area (Å²) in [5, 5.41) is 7.09. The first-order chi connectivity index (χ1) is 11.7. The average molecular weight is 328 g/mol. The maximum absolute atomic E-state index is 12.2. The molecule has 1 aliphatic rings. The number of nitrogens with zero attached hydrogens (tertiary/aromatic N) is 3. The zero-order chi connectivity index (χ0) is 16.8. The van der Waals surface area contributed by atoms with Gasteiger partial charge in [-0.1, -0.05) is 19.8 Å². The molecule has 0 aromatic carbocycles. The fraction of sp³-hybridized carbons (Fsp3) is 0.500. The van der Waals surface area contributed by atoms with E-state index < -0.39 is 0 Å². The highest BCUT2D eigenvalue weighted by atomic mass is 16.5. The SMILES string of the molecule is C[C@H]1CCCC[C@H]1OCCNC(=O)c1cnn(-c2cccnc2)c1. The number of hydrogen-bond acceptors (Lipinski definition) is 4. The normalized spacial score (nSPS) is 20.7. The molecule has 2 aromatic heterocycles. The molecule has 1 amide bonds. The lowest BCUT2D eigenvalue weighted by Crippen LogP contribution is -2.31. The second-order valence-electron chi connectivity index (χ2n) is 6.31. The Labute approximate surface area is 142 Å². The van der Waals surface area contributed by atoms with Crippen molar-refractivity contribution in [2.75, 3.05) is 13.2 Å². The van der Waals surface area contributed by atoms with E-state index in [9.17, 15) is 4.79 Å². The topological polar surface area (TPSA) is 69.0 Å². The van der Waals surface area contributed by atoms with E-state index >= 15 is 0 Å². The molecule has 1 N–H and O–H groups in total. The highest BCUT2D eigenvalue weighted by molar-refractivity contribution is 5.93. The molecule has 0 unspecified atom stereocenters. The maximum Gasteiger partial charge on any atom is 0.254 e. The molecule has 1 fully saturated rings. The van der Waals surface area contributed by atoms with Crippen LogP contribution in [-0.4, -0.2) is 39.9 Å². The largest absolute Gasteiger partial charge is 0.376 e. The lowest BCUT2D eigenvalue weighted by atomic mass is 9.88. The Kier molecular flexibility index (Phi) is 5.59. The maximum atomic E-state index is 12.2. The molecule has 1 saturated carbocycles. The second kappa shape index (κ2) is 8.06. The van der Waals surface area contributed by atoms with Gasteiger partial charge >= 0.3 is 0 Å². The van der Waals surface area contributed by atoms with Crippen molar-refractivity contribution in [1.82, 2.24) is 20.1 Å². The molecule has 2 atom stereocenters. The molecule has 128 valence electrons. The Morgan fingerprint density at radius 2 is 2.25 bits per heavy atom. The number of nitrogens with one attached hydrogen (secondary N) is 1. The molecular formula is C18H24N4O2. The first-order valence-electron chi connectivity index (χ1n) is 8.59. The van der Waals surface area contributed by atoms with E-state index in [0.29, 0.717) is 30.7 Å². The predicted molar refractivity (Wildman–Crippen MR) is 91.1 cm³/mol. The van der Waals surface area contributed by atoms with Crippen molar-refractivity contribution < 1.29 is 9.53 Å². The van der Waals surface area contributed by atoms with Crippen LogP contribution in [0.4, 0.5) is 0 Å². The lowest BCUT2D eigenvalue weighted by molar-refractivity contribution is -0.00293. The van der Waals surface area contributed by atoms with Crippen molar-refractivity contribution in [3.05, 3.63) is 42.5 Å². The van der Waals surface area contributed by atoms with Gasteiger partial charge in [-0.3, -0.25) is 9.78 Å². The third-order valence-corrected chi connectivity index (χ3v) is 4.51. The van der Waals surface area contributed by atoms with Crippen molar-refractivity contribution in [2.24, 2.45) is 5.92 Å². The van der Waals surface area contributed by atoms with Crippen LogP contribution >= 0.6 is 0 Å². The smallest absolute Gasteiger partial charge is 0.254 e. The van der Waals surface area contributed by atoms with Crippen LogP contribution in [0.1, 0.15) is 43.0 Å². The van der Waals surface area contributed by atoms with Crippen molar-refractivity contribution in [2.45, 2.75) is 38.7 Å². The summed E-state index contributed by atoms with van der Waals surface area (Å²) in [6.45, 7) is 3.31. The number of carbonyl (C=O) groups is 1. The standard InChI is InChI=1S/C18H24N4O2/c1-14-5-2-3-7-17(14)24-10-9-20-18(23)15-11-21-22(13-15)16-6-4-8-19-12-16/h4,6,8,11-14,17H,2-3,5,7,9-10H2,1H3,(H,20,23)/t14-,17+/m0/s1. The summed E-state index contributed by atoms with van der Waals surface area (Å²) >= 11 is 0. The van der Waals surface area contributed by atoms with Gasteiger partial charge in [0.2, 0.25) is 0 Å². The summed E-state index contributed by atoms with van der Waals surface area (Å²) in [4.78, 5) is 16.2. The number of aromatic nitrogens is 3. The van der Waals surface area contributed by atoms with E-state index in [1.807, 2.05) is 12.1 Å². The Bertz CT molecular complexity index is 656. The van der Waals surface area contributed by atoms with Crippen LogP contribution in [0.25, 0.3) is 5.69 Å². The van der Waals surface area contributed by atoms with Gasteiger partial charge in [0.05, 0.1) is 36.4 Å². The number of ether oxygens (including phenoxy) is 1. The predicted octanol–water partition coefficient (Wildman–Crippen LogP) is 2.59. The second-order valence-corrected chi connectivity index (χ2v) is 6.31. The Morgan fingerprint density at radius 3 is 3.04 bits per heavy atom. The van der Waals surface area contributed by atoms with Gasteiger partial charge in [0.1, 0.15) is 0 Å².